The van der Waals surface area contributed by atoms with Gasteiger partial charge in [0, 0.05) is 18.2 Å². The smallest absolute Gasteiger partial charge is 0.260 e. The van der Waals surface area contributed by atoms with Crippen molar-refractivity contribution in [3.8, 4) is 11.5 Å². The number of benzene rings is 4. The third-order valence-corrected chi connectivity index (χ3v) is 14.9. The van der Waals surface area contributed by atoms with E-state index in [1.54, 1.807) is 49.7 Å². The molecule has 1 spiro atoms. The van der Waals surface area contributed by atoms with Gasteiger partial charge in [-0.1, -0.05) is 85.6 Å². The van der Waals surface area contributed by atoms with Gasteiger partial charge in [-0.3, -0.25) is 9.79 Å². The number of amides is 1. The Kier molecular flexibility index (Phi) is 11.4. The highest BCUT2D eigenvalue weighted by atomic mass is 31.2. The standard InChI is InChI=1S/C47H50FN6O7P/c1-56-35-21-17-33(18-22-35)47(32-14-7-4-8-15-32,34-19-23-36(57-2)24-20-34)58-28-37-41(60-62-54-27-11-16-38(54)46(61-62)25-9-10-26-46)39(48)45(59-37)53-30-51-40-42(49-29-50-43(40)53)52-44(55)31-12-5-3-6-13-31/h3-8,12-15,17-24,29-30,37-41,43,45H,9-11,16,25-28H2,1-2H3,(H,49,50,52,55)/t37-,38-,39-,40?,41-,43?,45-,62?/m1/s1. The van der Waals surface area contributed by atoms with E-state index in [0.29, 0.717) is 22.9 Å². The topological polar surface area (TPSA) is 128 Å². The fraction of sp³-hybridized carbons (Fsp3) is 0.404. The summed E-state index contributed by atoms with van der Waals surface area (Å²) >= 11 is 0. The highest BCUT2D eigenvalue weighted by Gasteiger charge is 2.60. The van der Waals surface area contributed by atoms with E-state index in [4.69, 9.17) is 33.0 Å². The monoisotopic (exact) mass is 860 g/mol. The number of hydrogen-bond donors (Lipinski definition) is 1. The van der Waals surface area contributed by atoms with Crippen LogP contribution in [0.1, 0.15) is 65.6 Å². The van der Waals surface area contributed by atoms with Crippen molar-refractivity contribution >= 4 is 32.9 Å². The number of methoxy groups -OCH3 is 2. The lowest BCUT2D eigenvalue weighted by Gasteiger charge is -2.37. The van der Waals surface area contributed by atoms with Crippen LogP contribution in [0.2, 0.25) is 0 Å². The number of nitrogens with zero attached hydrogens (tertiary/aromatic N) is 5. The molecule has 10 rings (SSSR count). The first-order valence-corrected chi connectivity index (χ1v) is 22.5. The van der Waals surface area contributed by atoms with E-state index in [2.05, 4.69) is 20.0 Å². The zero-order valence-corrected chi connectivity index (χ0v) is 35.6. The van der Waals surface area contributed by atoms with Crippen LogP contribution in [0, 0.1) is 0 Å². The highest BCUT2D eigenvalue weighted by Crippen LogP contribution is 2.65. The third-order valence-electron chi connectivity index (χ3n) is 13.1. The molecule has 4 aromatic carbocycles. The summed E-state index contributed by atoms with van der Waals surface area (Å²) in [5, 5.41) is 2.90. The van der Waals surface area contributed by atoms with Gasteiger partial charge in [0.05, 0.1) is 32.8 Å². The first kappa shape index (κ1) is 41.0. The molecule has 1 saturated carbocycles. The van der Waals surface area contributed by atoms with Crippen molar-refractivity contribution in [1.29, 1.82) is 0 Å². The van der Waals surface area contributed by atoms with Crippen molar-refractivity contribution in [1.82, 2.24) is 14.9 Å². The first-order chi connectivity index (χ1) is 30.4. The van der Waals surface area contributed by atoms with Crippen molar-refractivity contribution in [2.45, 2.75) is 92.6 Å². The van der Waals surface area contributed by atoms with E-state index >= 15 is 4.39 Å². The molecular formula is C47H50FN6O7P. The van der Waals surface area contributed by atoms with E-state index in [1.165, 1.54) is 6.34 Å². The summed E-state index contributed by atoms with van der Waals surface area (Å²) in [4.78, 5) is 28.6. The number of fused-ring (bicyclic) bond motifs is 3. The molecular weight excluding hydrogens is 811 g/mol. The SMILES string of the molecule is COc1ccc(C(OC[C@H]2O[C@@H](N3C=NC4C(NC(=O)c5ccccc5)=NC=NC43)[C@H](F)[C@@H]2OP2OC3(CCCC3)[C@H]3CCCN32)(c2ccccc2)c2ccc(OC)cc2)cc1. The zero-order chi connectivity index (χ0) is 42.3. The lowest BCUT2D eigenvalue weighted by Crippen LogP contribution is -2.52. The van der Waals surface area contributed by atoms with Crippen LogP contribution in [-0.4, -0.2) is 110 Å². The molecule has 0 aromatic heterocycles. The molecule has 13 nitrogen and oxygen atoms in total. The molecule has 62 heavy (non-hydrogen) atoms. The zero-order valence-electron chi connectivity index (χ0n) is 34.7. The molecule has 8 atom stereocenters. The molecule has 0 radical (unpaired) electrons. The molecule has 4 fully saturated rings. The number of aliphatic imine (C=N–C) groups is 3. The van der Waals surface area contributed by atoms with Crippen molar-refractivity contribution in [3.63, 3.8) is 0 Å². The summed E-state index contributed by atoms with van der Waals surface area (Å²) in [5.74, 6) is 1.39. The molecule has 1 N–H and O–H groups in total. The summed E-state index contributed by atoms with van der Waals surface area (Å²) in [7, 11) is 1.67. The Bertz CT molecular complexity index is 2250. The van der Waals surface area contributed by atoms with E-state index in [1.807, 2.05) is 84.9 Å². The maximum atomic E-state index is 17.7. The van der Waals surface area contributed by atoms with Gasteiger partial charge in [0.2, 0.25) is 0 Å². The van der Waals surface area contributed by atoms with Crippen LogP contribution < -0.4 is 14.8 Å². The van der Waals surface area contributed by atoms with E-state index < -0.39 is 50.9 Å². The van der Waals surface area contributed by atoms with Crippen molar-refractivity contribution in [2.24, 2.45) is 15.0 Å². The molecule has 0 bridgehead atoms. The number of carbonyl (C=O) groups is 1. The normalized spacial score (nSPS) is 28.6. The number of carbonyl (C=O) groups excluding carboxylic acids is 1. The van der Waals surface area contributed by atoms with Crippen LogP contribution in [0.5, 0.6) is 11.5 Å². The minimum atomic E-state index is -1.66. The van der Waals surface area contributed by atoms with Crippen LogP contribution in [0.25, 0.3) is 0 Å². The average Bonchev–Trinajstić information content (AvgIpc) is 4.18. The summed E-state index contributed by atoms with van der Waals surface area (Å²) in [6.07, 6.45) is 3.67. The average molecular weight is 861 g/mol. The van der Waals surface area contributed by atoms with Crippen LogP contribution in [0.3, 0.4) is 0 Å². The number of alkyl halides is 1. The van der Waals surface area contributed by atoms with Gasteiger partial charge in [-0.2, -0.15) is 0 Å². The molecule has 322 valence electrons. The van der Waals surface area contributed by atoms with Gasteiger partial charge in [-0.25, -0.2) is 19.0 Å². The summed E-state index contributed by atoms with van der Waals surface area (Å²) in [6.45, 7) is 0.780. The summed E-state index contributed by atoms with van der Waals surface area (Å²) < 4.78 is 59.2. The van der Waals surface area contributed by atoms with Gasteiger partial charge in [0.25, 0.3) is 14.4 Å². The van der Waals surface area contributed by atoms with Gasteiger partial charge in [0.15, 0.2) is 24.6 Å². The fourth-order valence-corrected chi connectivity index (χ4v) is 12.2. The molecule has 15 heteroatoms. The molecule has 1 aliphatic carbocycles. The molecule has 3 saturated heterocycles. The highest BCUT2D eigenvalue weighted by molar-refractivity contribution is 7.45. The number of rotatable bonds is 12. The van der Waals surface area contributed by atoms with Crippen molar-refractivity contribution < 1.29 is 37.2 Å². The Morgan fingerprint density at radius 3 is 2.18 bits per heavy atom. The second kappa shape index (κ2) is 17.2. The Morgan fingerprint density at radius 2 is 1.52 bits per heavy atom. The Balaban J connectivity index is 0.984. The first-order valence-electron chi connectivity index (χ1n) is 21.4. The molecule has 6 aliphatic rings. The second-order valence-electron chi connectivity index (χ2n) is 16.5. The molecule has 5 aliphatic heterocycles. The van der Waals surface area contributed by atoms with Gasteiger partial charge in [-0.15, -0.1) is 0 Å². The third kappa shape index (κ3) is 7.30. The van der Waals surface area contributed by atoms with Crippen LogP contribution in [0.4, 0.5) is 4.39 Å². The molecule has 3 unspecified atom stereocenters. The minimum absolute atomic E-state index is 0.0610. The van der Waals surface area contributed by atoms with Crippen molar-refractivity contribution in [2.75, 3.05) is 27.4 Å². The number of nitrogens with one attached hydrogen (secondary N) is 1. The lowest BCUT2D eigenvalue weighted by atomic mass is 9.80. The van der Waals surface area contributed by atoms with Crippen molar-refractivity contribution in [3.05, 3.63) is 131 Å². The summed E-state index contributed by atoms with van der Waals surface area (Å²) in [6, 6.07) is 34.0. The van der Waals surface area contributed by atoms with Gasteiger partial charge in [-0.05, 0) is 78.8 Å². The molecule has 5 heterocycles. The second-order valence-corrected chi connectivity index (χ2v) is 17.9. The Morgan fingerprint density at radius 1 is 0.871 bits per heavy atom. The van der Waals surface area contributed by atoms with Gasteiger partial charge >= 0.3 is 0 Å². The van der Waals surface area contributed by atoms with E-state index in [-0.39, 0.29) is 24.2 Å². The number of hydrogen-bond acceptors (Lipinski definition) is 12. The largest absolute Gasteiger partial charge is 0.497 e. The quantitative estimate of drug-likeness (QED) is 0.115. The number of amidine groups is 1. The lowest BCUT2D eigenvalue weighted by molar-refractivity contribution is -0.103. The number of halogens is 1. The van der Waals surface area contributed by atoms with Gasteiger partial charge < -0.3 is 38.2 Å². The maximum Gasteiger partial charge on any atom is 0.260 e. The fourth-order valence-electron chi connectivity index (χ4n) is 9.98. The Labute approximate surface area is 361 Å². The van der Waals surface area contributed by atoms with Crippen LogP contribution in [0.15, 0.2) is 124 Å². The maximum absolute atomic E-state index is 17.7. The molecule has 4 aromatic rings. The molecule has 1 amide bonds. The summed E-state index contributed by atoms with van der Waals surface area (Å²) in [5.41, 5.74) is 1.56. The van der Waals surface area contributed by atoms with E-state index in [0.717, 1.165) is 61.8 Å². The predicted molar refractivity (Wildman–Crippen MR) is 233 cm³/mol. The van der Waals surface area contributed by atoms with Crippen LogP contribution in [-0.2, 0) is 24.1 Å². The Hall–Kier alpha value is -5.08. The van der Waals surface area contributed by atoms with E-state index in [9.17, 15) is 4.79 Å². The van der Waals surface area contributed by atoms with Crippen LogP contribution >= 0.6 is 8.53 Å². The predicted octanol–water partition coefficient (Wildman–Crippen LogP) is 7.40. The minimum Gasteiger partial charge on any atom is -0.497 e. The number of ether oxygens (including phenoxy) is 4. The van der Waals surface area contributed by atoms with Gasteiger partial charge in [0.1, 0.15) is 41.5 Å².